The number of carbonyl (C=O) groups is 2. The van der Waals surface area contributed by atoms with Gasteiger partial charge in [-0.2, -0.15) is 0 Å². The van der Waals surface area contributed by atoms with Gasteiger partial charge in [-0.25, -0.2) is 0 Å². The average molecular weight is 266 g/mol. The predicted molar refractivity (Wildman–Crippen MR) is 73.6 cm³/mol. The number of hydrogen-bond donors (Lipinski definition) is 0. The Morgan fingerprint density at radius 1 is 0.900 bits per heavy atom. The van der Waals surface area contributed by atoms with Gasteiger partial charge in [0.2, 0.25) is 11.8 Å². The van der Waals surface area contributed by atoms with Crippen LogP contribution in [0.4, 0.5) is 0 Å². The molecule has 2 amide bonds. The van der Waals surface area contributed by atoms with Crippen LogP contribution in [0.3, 0.4) is 0 Å². The highest BCUT2D eigenvalue weighted by Crippen LogP contribution is 2.31. The van der Waals surface area contributed by atoms with Crippen LogP contribution in [0.1, 0.15) is 30.1 Å². The maximum Gasteiger partial charge on any atom is 0.230 e. The van der Waals surface area contributed by atoms with Gasteiger partial charge in [0.1, 0.15) is 6.04 Å². The first kappa shape index (κ1) is 12.5. The average Bonchev–Trinajstić information content (AvgIpc) is 2.82. The summed E-state index contributed by atoms with van der Waals surface area (Å²) in [7, 11) is 0. The van der Waals surface area contributed by atoms with E-state index in [0.29, 0.717) is 5.69 Å². The lowest BCUT2D eigenvalue weighted by Crippen LogP contribution is -2.34. The van der Waals surface area contributed by atoms with Crippen molar-refractivity contribution in [3.8, 4) is 0 Å². The number of imide groups is 1. The number of carbonyl (C=O) groups excluding carboxylic acids is 2. The zero-order chi connectivity index (χ0) is 13.9. The number of likely N-dealkylation sites (tertiary alicyclic amines) is 1. The number of pyridine rings is 1. The molecule has 2 heterocycles. The molecule has 1 aliphatic heterocycles. The maximum atomic E-state index is 12.1. The summed E-state index contributed by atoms with van der Waals surface area (Å²) in [5.74, 6) is -0.260. The normalized spacial score (nSPS) is 16.5. The summed E-state index contributed by atoms with van der Waals surface area (Å²) < 4.78 is 0. The van der Waals surface area contributed by atoms with Crippen LogP contribution < -0.4 is 0 Å². The number of amides is 2. The first-order valence-electron chi connectivity index (χ1n) is 6.58. The Morgan fingerprint density at radius 2 is 1.55 bits per heavy atom. The quantitative estimate of drug-likeness (QED) is 0.801. The topological polar surface area (TPSA) is 50.3 Å². The largest absolute Gasteiger partial charge is 0.274 e. The molecule has 1 unspecified atom stereocenters. The van der Waals surface area contributed by atoms with Crippen LogP contribution in [0.25, 0.3) is 0 Å². The molecule has 0 saturated carbocycles. The van der Waals surface area contributed by atoms with E-state index in [1.54, 1.807) is 6.20 Å². The molecule has 2 aromatic rings. The molecule has 0 aliphatic carbocycles. The second kappa shape index (κ2) is 5.25. The van der Waals surface area contributed by atoms with Gasteiger partial charge in [0.05, 0.1) is 5.69 Å². The summed E-state index contributed by atoms with van der Waals surface area (Å²) in [4.78, 5) is 29.8. The van der Waals surface area contributed by atoms with Crippen molar-refractivity contribution < 1.29 is 9.59 Å². The Morgan fingerprint density at radius 3 is 2.15 bits per heavy atom. The first-order chi connectivity index (χ1) is 9.77. The van der Waals surface area contributed by atoms with E-state index in [0.717, 1.165) is 5.56 Å². The zero-order valence-corrected chi connectivity index (χ0v) is 10.9. The molecular formula is C16H14N2O2. The predicted octanol–water partition coefficient (Wildman–Crippen LogP) is 2.32. The van der Waals surface area contributed by atoms with E-state index in [1.807, 2.05) is 48.5 Å². The molecule has 0 bridgehead atoms. The van der Waals surface area contributed by atoms with Crippen molar-refractivity contribution in [2.75, 3.05) is 0 Å². The third-order valence-corrected chi connectivity index (χ3v) is 3.43. The van der Waals surface area contributed by atoms with Crippen molar-refractivity contribution in [2.45, 2.75) is 18.9 Å². The second-order valence-corrected chi connectivity index (χ2v) is 4.73. The lowest BCUT2D eigenvalue weighted by Gasteiger charge is -2.26. The smallest absolute Gasteiger partial charge is 0.230 e. The Balaban J connectivity index is 2.09. The molecule has 4 heteroatoms. The zero-order valence-electron chi connectivity index (χ0n) is 10.9. The van der Waals surface area contributed by atoms with Crippen molar-refractivity contribution in [3.63, 3.8) is 0 Å². The molecule has 1 saturated heterocycles. The molecule has 1 fully saturated rings. The molecule has 100 valence electrons. The van der Waals surface area contributed by atoms with Gasteiger partial charge in [-0.05, 0) is 17.7 Å². The van der Waals surface area contributed by atoms with E-state index in [2.05, 4.69) is 4.98 Å². The van der Waals surface area contributed by atoms with E-state index in [-0.39, 0.29) is 24.7 Å². The van der Waals surface area contributed by atoms with Crippen LogP contribution in [-0.4, -0.2) is 21.7 Å². The van der Waals surface area contributed by atoms with Gasteiger partial charge in [0.15, 0.2) is 0 Å². The van der Waals surface area contributed by atoms with Crippen molar-refractivity contribution in [3.05, 3.63) is 66.0 Å². The lowest BCUT2D eigenvalue weighted by molar-refractivity contribution is -0.140. The van der Waals surface area contributed by atoms with Gasteiger partial charge in [-0.3, -0.25) is 19.5 Å². The minimum atomic E-state index is -0.431. The van der Waals surface area contributed by atoms with Crippen molar-refractivity contribution in [1.29, 1.82) is 0 Å². The van der Waals surface area contributed by atoms with E-state index >= 15 is 0 Å². The molecule has 1 aromatic carbocycles. The summed E-state index contributed by atoms with van der Waals surface area (Å²) in [6, 6.07) is 14.6. The number of rotatable bonds is 3. The molecular weight excluding hydrogens is 252 g/mol. The molecule has 1 atom stereocenters. The van der Waals surface area contributed by atoms with Gasteiger partial charge in [0, 0.05) is 19.0 Å². The van der Waals surface area contributed by atoms with Crippen molar-refractivity contribution in [1.82, 2.24) is 9.88 Å². The molecule has 3 rings (SSSR count). The van der Waals surface area contributed by atoms with Crippen molar-refractivity contribution >= 4 is 11.8 Å². The second-order valence-electron chi connectivity index (χ2n) is 4.73. The number of benzene rings is 1. The molecule has 0 radical (unpaired) electrons. The number of hydrogen-bond acceptors (Lipinski definition) is 3. The van der Waals surface area contributed by atoms with Gasteiger partial charge < -0.3 is 0 Å². The summed E-state index contributed by atoms with van der Waals surface area (Å²) >= 11 is 0. The Bertz CT molecular complexity index is 570. The van der Waals surface area contributed by atoms with Gasteiger partial charge in [0.25, 0.3) is 0 Å². The summed E-state index contributed by atoms with van der Waals surface area (Å²) in [6.45, 7) is 0. The summed E-state index contributed by atoms with van der Waals surface area (Å²) in [6.07, 6.45) is 2.25. The Hall–Kier alpha value is -2.49. The third-order valence-electron chi connectivity index (χ3n) is 3.43. The highest BCUT2D eigenvalue weighted by Gasteiger charge is 2.37. The molecule has 0 N–H and O–H groups in total. The van der Waals surface area contributed by atoms with Crippen LogP contribution in [0.5, 0.6) is 0 Å². The minimum absolute atomic E-state index is 0.130. The van der Waals surface area contributed by atoms with Crippen LogP contribution in [-0.2, 0) is 9.59 Å². The molecule has 1 aromatic heterocycles. The summed E-state index contributed by atoms with van der Waals surface area (Å²) in [5.41, 5.74) is 1.61. The van der Waals surface area contributed by atoms with E-state index in [1.165, 1.54) is 4.90 Å². The standard InChI is InChI=1S/C16H14N2O2/c19-14-9-10-15(20)18(14)16(12-6-2-1-3-7-12)13-8-4-5-11-17-13/h1-8,11,16H,9-10H2. The highest BCUT2D eigenvalue weighted by atomic mass is 16.2. The summed E-state index contributed by atoms with van der Waals surface area (Å²) in [5, 5.41) is 0. The number of nitrogens with zero attached hydrogens (tertiary/aromatic N) is 2. The van der Waals surface area contributed by atoms with Gasteiger partial charge >= 0.3 is 0 Å². The Kier molecular flexibility index (Phi) is 3.29. The highest BCUT2D eigenvalue weighted by molar-refractivity contribution is 6.02. The molecule has 1 aliphatic rings. The van der Waals surface area contributed by atoms with Gasteiger partial charge in [-0.15, -0.1) is 0 Å². The third kappa shape index (κ3) is 2.20. The molecule has 0 spiro atoms. The van der Waals surface area contributed by atoms with Gasteiger partial charge in [-0.1, -0.05) is 36.4 Å². The fourth-order valence-electron chi connectivity index (χ4n) is 2.51. The van der Waals surface area contributed by atoms with E-state index < -0.39 is 6.04 Å². The van der Waals surface area contributed by atoms with E-state index in [9.17, 15) is 9.59 Å². The van der Waals surface area contributed by atoms with Crippen LogP contribution in [0, 0.1) is 0 Å². The SMILES string of the molecule is O=C1CCC(=O)N1C(c1ccccc1)c1ccccn1. The Labute approximate surface area is 117 Å². The monoisotopic (exact) mass is 266 g/mol. The van der Waals surface area contributed by atoms with Crippen LogP contribution in [0.2, 0.25) is 0 Å². The fraction of sp³-hybridized carbons (Fsp3) is 0.188. The lowest BCUT2D eigenvalue weighted by atomic mass is 10.0. The number of aromatic nitrogens is 1. The molecule has 4 nitrogen and oxygen atoms in total. The first-order valence-corrected chi connectivity index (χ1v) is 6.58. The maximum absolute atomic E-state index is 12.1. The fourth-order valence-corrected chi connectivity index (χ4v) is 2.51. The van der Waals surface area contributed by atoms with Crippen molar-refractivity contribution in [2.24, 2.45) is 0 Å². The van der Waals surface area contributed by atoms with Crippen LogP contribution in [0.15, 0.2) is 54.7 Å². The van der Waals surface area contributed by atoms with Crippen LogP contribution >= 0.6 is 0 Å². The van der Waals surface area contributed by atoms with E-state index in [4.69, 9.17) is 0 Å². The minimum Gasteiger partial charge on any atom is -0.274 e. The molecule has 20 heavy (non-hydrogen) atoms.